The van der Waals surface area contributed by atoms with Gasteiger partial charge in [0.15, 0.2) is 0 Å². The van der Waals surface area contributed by atoms with Crippen molar-refractivity contribution in [2.45, 2.75) is 49.6 Å². The molecular formula is C26H26ClFN6O2S. The molecule has 0 spiro atoms. The number of benzene rings is 2. The van der Waals surface area contributed by atoms with Gasteiger partial charge in [0.05, 0.1) is 28.1 Å². The van der Waals surface area contributed by atoms with Gasteiger partial charge < -0.3 is 11.1 Å². The average molecular weight is 541 g/mol. The minimum absolute atomic E-state index is 0.0476. The molecule has 0 amide bonds. The average Bonchev–Trinajstić information content (AvgIpc) is 2.87. The molecule has 0 bridgehead atoms. The zero-order valence-corrected chi connectivity index (χ0v) is 21.7. The molecule has 1 aliphatic carbocycles. The number of nitrogens with zero attached hydrogens (tertiary/aromatic N) is 3. The van der Waals surface area contributed by atoms with Crippen LogP contribution in [0.25, 0.3) is 22.3 Å². The molecule has 4 aromatic rings. The van der Waals surface area contributed by atoms with E-state index in [4.69, 9.17) is 17.3 Å². The number of sulfonamides is 1. The number of halogens is 2. The van der Waals surface area contributed by atoms with Crippen LogP contribution in [0.5, 0.6) is 0 Å². The van der Waals surface area contributed by atoms with Gasteiger partial charge in [-0.05, 0) is 68.5 Å². The molecule has 192 valence electrons. The predicted octanol–water partition coefficient (Wildman–Crippen LogP) is 5.28. The van der Waals surface area contributed by atoms with Crippen LogP contribution in [-0.4, -0.2) is 35.5 Å². The Morgan fingerprint density at radius 1 is 1.05 bits per heavy atom. The number of hydrogen-bond acceptors (Lipinski definition) is 7. The first-order valence-corrected chi connectivity index (χ1v) is 13.8. The minimum Gasteiger partial charge on any atom is -0.351 e. The van der Waals surface area contributed by atoms with Gasteiger partial charge in [-0.15, -0.1) is 0 Å². The standard InChI is InChI=1S/C26H26ClFN6O2S/c1-15-12-22(32-23-14-30-26(33-25(15)23)31-18-9-7-17(29)8-10-18)16-6-11-21(20(28)13-16)34-37(35,36)24-5-3-2-4-19(24)27/h2-6,11-14,17-18,34H,7-10,29H2,1H3,(H,30,31,33)/t17-,18-. The molecule has 2 heterocycles. The number of hydrogen-bond donors (Lipinski definition) is 3. The Morgan fingerprint density at radius 3 is 2.54 bits per heavy atom. The van der Waals surface area contributed by atoms with Gasteiger partial charge in [-0.1, -0.05) is 29.8 Å². The molecule has 1 fully saturated rings. The number of fused-ring (bicyclic) bond motifs is 1. The quantitative estimate of drug-likeness (QED) is 0.304. The molecule has 0 aliphatic heterocycles. The molecule has 0 atom stereocenters. The molecule has 0 unspecified atom stereocenters. The van der Waals surface area contributed by atoms with E-state index in [9.17, 15) is 12.8 Å². The second-order valence-electron chi connectivity index (χ2n) is 9.24. The van der Waals surface area contributed by atoms with Crippen LogP contribution < -0.4 is 15.8 Å². The number of rotatable bonds is 6. The predicted molar refractivity (Wildman–Crippen MR) is 144 cm³/mol. The van der Waals surface area contributed by atoms with Crippen LogP contribution in [0, 0.1) is 12.7 Å². The third kappa shape index (κ3) is 5.51. The number of aromatic nitrogens is 3. The molecule has 11 heteroatoms. The maximum atomic E-state index is 15.0. The number of nitrogens with two attached hydrogens (primary N) is 1. The fraction of sp³-hybridized carbons (Fsp3) is 0.269. The molecule has 4 N–H and O–H groups in total. The molecule has 8 nitrogen and oxygen atoms in total. The van der Waals surface area contributed by atoms with Crippen molar-refractivity contribution in [3.8, 4) is 11.3 Å². The lowest BCUT2D eigenvalue weighted by Gasteiger charge is -2.26. The smallest absolute Gasteiger partial charge is 0.263 e. The summed E-state index contributed by atoms with van der Waals surface area (Å²) in [5, 5.41) is 3.44. The van der Waals surface area contributed by atoms with Gasteiger partial charge in [0.1, 0.15) is 16.2 Å². The first-order chi connectivity index (χ1) is 17.7. The van der Waals surface area contributed by atoms with Crippen molar-refractivity contribution < 1.29 is 12.8 Å². The molecule has 5 rings (SSSR count). The summed E-state index contributed by atoms with van der Waals surface area (Å²) in [6.45, 7) is 1.91. The molecule has 1 aliphatic rings. The highest BCUT2D eigenvalue weighted by Crippen LogP contribution is 2.29. The zero-order chi connectivity index (χ0) is 26.2. The highest BCUT2D eigenvalue weighted by Gasteiger charge is 2.21. The lowest BCUT2D eigenvalue weighted by molar-refractivity contribution is 0.410. The van der Waals surface area contributed by atoms with Crippen molar-refractivity contribution in [2.24, 2.45) is 5.73 Å². The van der Waals surface area contributed by atoms with E-state index in [-0.39, 0.29) is 21.6 Å². The number of pyridine rings is 1. The number of aryl methyl sites for hydroxylation is 1. The van der Waals surface area contributed by atoms with E-state index < -0.39 is 15.8 Å². The van der Waals surface area contributed by atoms with Gasteiger partial charge in [-0.2, -0.15) is 0 Å². The van der Waals surface area contributed by atoms with Gasteiger partial charge in [0, 0.05) is 17.6 Å². The second kappa shape index (κ2) is 10.2. The van der Waals surface area contributed by atoms with E-state index in [2.05, 4.69) is 25.0 Å². The molecule has 1 saturated carbocycles. The van der Waals surface area contributed by atoms with E-state index >= 15 is 0 Å². The number of anilines is 2. The Hall–Kier alpha value is -3.34. The highest BCUT2D eigenvalue weighted by molar-refractivity contribution is 7.92. The summed E-state index contributed by atoms with van der Waals surface area (Å²) in [7, 11) is -4.06. The largest absolute Gasteiger partial charge is 0.351 e. The van der Waals surface area contributed by atoms with Gasteiger partial charge in [-0.25, -0.2) is 27.8 Å². The Morgan fingerprint density at radius 2 is 1.81 bits per heavy atom. The Balaban J connectivity index is 1.38. The van der Waals surface area contributed by atoms with Gasteiger partial charge in [0.25, 0.3) is 10.0 Å². The first kappa shape index (κ1) is 25.3. The lowest BCUT2D eigenvalue weighted by Crippen LogP contribution is -2.33. The van der Waals surface area contributed by atoms with Crippen LogP contribution in [0.15, 0.2) is 59.6 Å². The van der Waals surface area contributed by atoms with E-state index in [1.165, 1.54) is 24.3 Å². The molecule has 0 saturated heterocycles. The van der Waals surface area contributed by atoms with Crippen molar-refractivity contribution in [1.82, 2.24) is 15.0 Å². The summed E-state index contributed by atoms with van der Waals surface area (Å²) in [6, 6.07) is 12.6. The molecule has 37 heavy (non-hydrogen) atoms. The number of nitrogens with one attached hydrogen (secondary N) is 2. The highest BCUT2D eigenvalue weighted by atomic mass is 35.5. The van der Waals surface area contributed by atoms with Crippen molar-refractivity contribution in [1.29, 1.82) is 0 Å². The van der Waals surface area contributed by atoms with Crippen molar-refractivity contribution in [3.05, 3.63) is 71.1 Å². The van der Waals surface area contributed by atoms with E-state index in [1.807, 2.05) is 13.0 Å². The molecule has 0 radical (unpaired) electrons. The fourth-order valence-corrected chi connectivity index (χ4v) is 6.05. The van der Waals surface area contributed by atoms with Crippen LogP contribution in [-0.2, 0) is 10.0 Å². The molecule has 2 aromatic carbocycles. The van der Waals surface area contributed by atoms with E-state index in [1.54, 1.807) is 24.4 Å². The van der Waals surface area contributed by atoms with E-state index in [0.29, 0.717) is 34.3 Å². The van der Waals surface area contributed by atoms with Crippen LogP contribution in [0.1, 0.15) is 31.2 Å². The summed E-state index contributed by atoms with van der Waals surface area (Å²) < 4.78 is 42.6. The fourth-order valence-electron chi connectivity index (χ4n) is 4.47. The SMILES string of the molecule is Cc1cc(-c2ccc(NS(=O)(=O)c3ccccc3Cl)c(F)c2)nc2cnc(N[C@H]3CC[C@H](N)CC3)nc12. The van der Waals surface area contributed by atoms with Gasteiger partial charge >= 0.3 is 0 Å². The molecule has 2 aromatic heterocycles. The van der Waals surface area contributed by atoms with Crippen molar-refractivity contribution in [2.75, 3.05) is 10.0 Å². The van der Waals surface area contributed by atoms with Crippen LogP contribution in [0.3, 0.4) is 0 Å². The van der Waals surface area contributed by atoms with Gasteiger partial charge in [0.2, 0.25) is 5.95 Å². The minimum atomic E-state index is -4.06. The summed E-state index contributed by atoms with van der Waals surface area (Å²) in [5.74, 6) is -0.192. The third-order valence-corrected chi connectivity index (χ3v) is 8.34. The third-order valence-electron chi connectivity index (χ3n) is 6.48. The molecular weight excluding hydrogens is 515 g/mol. The summed E-state index contributed by atoms with van der Waals surface area (Å²) >= 11 is 6.01. The summed E-state index contributed by atoms with van der Waals surface area (Å²) in [6.07, 6.45) is 5.57. The van der Waals surface area contributed by atoms with Gasteiger partial charge in [-0.3, -0.25) is 4.72 Å². The Labute approximate surface area is 219 Å². The van der Waals surface area contributed by atoms with E-state index in [0.717, 1.165) is 31.2 Å². The maximum Gasteiger partial charge on any atom is 0.263 e. The summed E-state index contributed by atoms with van der Waals surface area (Å²) in [5.41, 5.74) is 8.96. The van der Waals surface area contributed by atoms with Crippen LogP contribution >= 0.6 is 11.6 Å². The maximum absolute atomic E-state index is 15.0. The van der Waals surface area contributed by atoms with Crippen molar-refractivity contribution in [3.63, 3.8) is 0 Å². The second-order valence-corrected chi connectivity index (χ2v) is 11.3. The Bertz CT molecular complexity index is 1580. The monoisotopic (exact) mass is 540 g/mol. The topological polar surface area (TPSA) is 123 Å². The van der Waals surface area contributed by atoms with Crippen LogP contribution in [0.4, 0.5) is 16.0 Å². The lowest BCUT2D eigenvalue weighted by atomic mass is 9.92. The van der Waals surface area contributed by atoms with Crippen molar-refractivity contribution >= 4 is 44.3 Å². The van der Waals surface area contributed by atoms with Crippen LogP contribution in [0.2, 0.25) is 5.02 Å². The first-order valence-electron chi connectivity index (χ1n) is 11.9. The normalized spacial score (nSPS) is 18.1. The Kier molecular flexibility index (Phi) is 6.98. The zero-order valence-electron chi connectivity index (χ0n) is 20.1. The summed E-state index contributed by atoms with van der Waals surface area (Å²) in [4.78, 5) is 13.6.